The Morgan fingerprint density at radius 1 is 1.24 bits per heavy atom. The second-order valence-electron chi connectivity index (χ2n) is 6.59. The number of halogens is 1. The Morgan fingerprint density at radius 2 is 2.03 bits per heavy atom. The van der Waals surface area contributed by atoms with E-state index < -0.39 is 5.97 Å². The zero-order valence-corrected chi connectivity index (χ0v) is 18.2. The molecule has 0 aliphatic carbocycles. The average Bonchev–Trinajstić information content (AvgIpc) is 3.05. The van der Waals surface area contributed by atoms with Crippen LogP contribution in [0.2, 0.25) is 5.02 Å². The van der Waals surface area contributed by atoms with Crippen molar-refractivity contribution in [2.24, 2.45) is 0 Å². The van der Waals surface area contributed by atoms with Gasteiger partial charge in [-0.2, -0.15) is 0 Å². The van der Waals surface area contributed by atoms with Crippen LogP contribution in [-0.4, -0.2) is 49.7 Å². The fourth-order valence-corrected chi connectivity index (χ4v) is 4.80. The minimum atomic E-state index is -0.401. The first-order valence-corrected chi connectivity index (χ1v) is 10.9. The van der Waals surface area contributed by atoms with E-state index in [0.29, 0.717) is 34.4 Å². The van der Waals surface area contributed by atoms with Gasteiger partial charge in [0.05, 0.1) is 29.4 Å². The zero-order valence-electron chi connectivity index (χ0n) is 16.6. The highest BCUT2D eigenvalue weighted by Crippen LogP contribution is 2.38. The molecule has 8 heteroatoms. The second-order valence-corrected chi connectivity index (χ2v) is 8.10. The summed E-state index contributed by atoms with van der Waals surface area (Å²) in [4.78, 5) is 28.8. The van der Waals surface area contributed by atoms with Gasteiger partial charge in [-0.3, -0.25) is 9.69 Å². The number of fused-ring (bicyclic) bond motifs is 1. The number of rotatable bonds is 8. The number of ether oxygens (including phenoxy) is 2. The Bertz CT molecular complexity index is 884. The number of anilines is 1. The Morgan fingerprint density at radius 3 is 2.76 bits per heavy atom. The van der Waals surface area contributed by atoms with Gasteiger partial charge in [0.15, 0.2) is 0 Å². The van der Waals surface area contributed by atoms with Gasteiger partial charge in [-0.25, -0.2) is 4.79 Å². The Labute approximate surface area is 179 Å². The number of esters is 1. The van der Waals surface area contributed by atoms with E-state index in [1.54, 1.807) is 31.2 Å². The number of thiophene rings is 1. The summed E-state index contributed by atoms with van der Waals surface area (Å²) in [5.74, 6) is -0.741. The lowest BCUT2D eigenvalue weighted by atomic mass is 10.0. The maximum Gasteiger partial charge on any atom is 0.341 e. The summed E-state index contributed by atoms with van der Waals surface area (Å²) in [6, 6.07) is 6.84. The average molecular weight is 437 g/mol. The van der Waals surface area contributed by atoms with Gasteiger partial charge in [0.1, 0.15) is 5.00 Å². The van der Waals surface area contributed by atoms with Crippen molar-refractivity contribution >= 4 is 39.8 Å². The van der Waals surface area contributed by atoms with Crippen molar-refractivity contribution in [1.82, 2.24) is 4.90 Å². The van der Waals surface area contributed by atoms with Gasteiger partial charge in [-0.15, -0.1) is 11.3 Å². The first-order valence-electron chi connectivity index (χ1n) is 9.72. The standard InChI is InChI=1S/C21H25ClN2O4S/c1-3-27-12-11-24-10-9-15-17(13-24)29-20(18(15)21(26)28-4-2)23-19(25)14-7-5-6-8-16(14)22/h5-8H,3-4,9-13H2,1-2H3,(H,23,25). The highest BCUT2D eigenvalue weighted by atomic mass is 35.5. The molecule has 0 spiro atoms. The molecule has 1 aromatic carbocycles. The van der Waals surface area contributed by atoms with Crippen LogP contribution in [0.5, 0.6) is 0 Å². The van der Waals surface area contributed by atoms with Crippen molar-refractivity contribution in [1.29, 1.82) is 0 Å². The monoisotopic (exact) mass is 436 g/mol. The van der Waals surface area contributed by atoms with E-state index in [1.807, 2.05) is 6.92 Å². The largest absolute Gasteiger partial charge is 0.462 e. The molecule has 2 heterocycles. The number of amides is 1. The lowest BCUT2D eigenvalue weighted by molar-refractivity contribution is 0.0525. The molecule has 0 unspecified atom stereocenters. The van der Waals surface area contributed by atoms with Crippen LogP contribution in [0.15, 0.2) is 24.3 Å². The van der Waals surface area contributed by atoms with E-state index >= 15 is 0 Å². The van der Waals surface area contributed by atoms with Crippen LogP contribution in [0.3, 0.4) is 0 Å². The smallest absolute Gasteiger partial charge is 0.341 e. The zero-order chi connectivity index (χ0) is 20.8. The summed E-state index contributed by atoms with van der Waals surface area (Å²) in [7, 11) is 0. The van der Waals surface area contributed by atoms with Gasteiger partial charge in [-0.1, -0.05) is 23.7 Å². The van der Waals surface area contributed by atoms with Gasteiger partial charge < -0.3 is 14.8 Å². The van der Waals surface area contributed by atoms with Gasteiger partial charge in [-0.05, 0) is 38.0 Å². The Hall–Kier alpha value is -1.93. The van der Waals surface area contributed by atoms with Crippen molar-refractivity contribution in [3.05, 3.63) is 50.9 Å². The molecule has 156 valence electrons. The van der Waals surface area contributed by atoms with Crippen LogP contribution in [-0.2, 0) is 22.4 Å². The summed E-state index contributed by atoms with van der Waals surface area (Å²) in [6.45, 7) is 7.80. The van der Waals surface area contributed by atoms with Crippen LogP contribution < -0.4 is 5.32 Å². The molecule has 1 aromatic heterocycles. The first-order chi connectivity index (χ1) is 14.0. The summed E-state index contributed by atoms with van der Waals surface area (Å²) in [5, 5.41) is 3.77. The second kappa shape index (κ2) is 10.2. The number of hydrogen-bond donors (Lipinski definition) is 1. The number of nitrogens with one attached hydrogen (secondary N) is 1. The summed E-state index contributed by atoms with van der Waals surface area (Å²) in [6.07, 6.45) is 0.730. The normalized spacial score (nSPS) is 13.8. The number of carbonyl (C=O) groups is 2. The quantitative estimate of drug-likeness (QED) is 0.495. The highest BCUT2D eigenvalue weighted by molar-refractivity contribution is 7.17. The molecule has 0 atom stereocenters. The molecule has 1 aliphatic rings. The fraction of sp³-hybridized carbons (Fsp3) is 0.429. The molecule has 3 rings (SSSR count). The highest BCUT2D eigenvalue weighted by Gasteiger charge is 2.29. The van der Waals surface area contributed by atoms with E-state index in [9.17, 15) is 9.59 Å². The van der Waals surface area contributed by atoms with E-state index in [1.165, 1.54) is 11.3 Å². The van der Waals surface area contributed by atoms with Crippen LogP contribution in [0.25, 0.3) is 0 Å². The SMILES string of the molecule is CCOCCN1CCc2c(sc(NC(=O)c3ccccc3Cl)c2C(=O)OCC)C1. The fourth-order valence-electron chi connectivity index (χ4n) is 3.31. The molecule has 0 saturated heterocycles. The molecule has 1 aliphatic heterocycles. The molecule has 0 radical (unpaired) electrons. The molecule has 29 heavy (non-hydrogen) atoms. The van der Waals surface area contributed by atoms with Crippen molar-refractivity contribution in [2.75, 3.05) is 38.2 Å². The molecule has 1 amide bonds. The van der Waals surface area contributed by atoms with E-state index in [0.717, 1.165) is 36.5 Å². The minimum absolute atomic E-state index is 0.280. The predicted octanol–water partition coefficient (Wildman–Crippen LogP) is 4.23. The topological polar surface area (TPSA) is 67.9 Å². The van der Waals surface area contributed by atoms with Gasteiger partial charge in [0.2, 0.25) is 0 Å². The van der Waals surface area contributed by atoms with Crippen molar-refractivity contribution < 1.29 is 19.1 Å². The molecular formula is C21H25ClN2O4S. The van der Waals surface area contributed by atoms with Gasteiger partial charge in [0, 0.05) is 31.1 Å². The van der Waals surface area contributed by atoms with Crippen LogP contribution in [0.4, 0.5) is 5.00 Å². The van der Waals surface area contributed by atoms with Crippen LogP contribution in [0, 0.1) is 0 Å². The van der Waals surface area contributed by atoms with Gasteiger partial charge in [0.25, 0.3) is 5.91 Å². The third-order valence-corrected chi connectivity index (χ3v) is 6.18. The summed E-state index contributed by atoms with van der Waals surface area (Å²) < 4.78 is 10.7. The van der Waals surface area contributed by atoms with Crippen LogP contribution >= 0.6 is 22.9 Å². The van der Waals surface area contributed by atoms with Crippen molar-refractivity contribution in [2.45, 2.75) is 26.8 Å². The molecule has 2 aromatic rings. The maximum atomic E-state index is 12.8. The van der Waals surface area contributed by atoms with E-state index in [4.69, 9.17) is 21.1 Å². The van der Waals surface area contributed by atoms with E-state index in [-0.39, 0.29) is 12.5 Å². The molecular weight excluding hydrogens is 412 g/mol. The molecule has 0 bridgehead atoms. The number of hydrogen-bond acceptors (Lipinski definition) is 6. The summed E-state index contributed by atoms with van der Waals surface area (Å²) >= 11 is 7.58. The molecule has 0 fully saturated rings. The minimum Gasteiger partial charge on any atom is -0.462 e. The van der Waals surface area contributed by atoms with Crippen molar-refractivity contribution in [3.8, 4) is 0 Å². The lowest BCUT2D eigenvalue weighted by Gasteiger charge is -2.26. The Balaban J connectivity index is 1.86. The predicted molar refractivity (Wildman–Crippen MR) is 115 cm³/mol. The summed E-state index contributed by atoms with van der Waals surface area (Å²) in [5.41, 5.74) is 1.81. The first kappa shape index (κ1) is 21.8. The number of nitrogens with zero attached hydrogens (tertiary/aromatic N) is 1. The number of carbonyl (C=O) groups excluding carboxylic acids is 2. The maximum absolute atomic E-state index is 12.8. The Kier molecular flexibility index (Phi) is 7.66. The third kappa shape index (κ3) is 5.17. The number of benzene rings is 1. The van der Waals surface area contributed by atoms with Gasteiger partial charge >= 0.3 is 5.97 Å². The molecule has 1 N–H and O–H groups in total. The molecule has 6 nitrogen and oxygen atoms in total. The lowest BCUT2D eigenvalue weighted by Crippen LogP contribution is -2.33. The molecule has 0 saturated carbocycles. The third-order valence-electron chi connectivity index (χ3n) is 4.72. The van der Waals surface area contributed by atoms with E-state index in [2.05, 4.69) is 10.2 Å². The van der Waals surface area contributed by atoms with Crippen molar-refractivity contribution in [3.63, 3.8) is 0 Å². The van der Waals surface area contributed by atoms with Crippen LogP contribution in [0.1, 0.15) is 45.0 Å².